The Morgan fingerprint density at radius 1 is 0.868 bits per heavy atom. The first-order valence-corrected chi connectivity index (χ1v) is 25.0. The third-order valence-corrected chi connectivity index (χ3v) is 16.8. The van der Waals surface area contributed by atoms with Crippen molar-refractivity contribution < 1.29 is 76.8 Å². The normalized spacial score (nSPS) is 41.9. The summed E-state index contributed by atoms with van der Waals surface area (Å²) in [6, 6.07) is 4.54. The highest BCUT2D eigenvalue weighted by Gasteiger charge is 2.63. The first kappa shape index (κ1) is 56.0. The van der Waals surface area contributed by atoms with Crippen molar-refractivity contribution in [3.8, 4) is 11.5 Å². The van der Waals surface area contributed by atoms with Gasteiger partial charge < -0.3 is 62.5 Å². The number of nitrogens with zero attached hydrogens (tertiary/aromatic N) is 1. The summed E-state index contributed by atoms with van der Waals surface area (Å²) in [6.07, 6.45) is -7.45. The van der Waals surface area contributed by atoms with Crippen LogP contribution in [0.2, 0.25) is 0 Å². The smallest absolute Gasteiger partial charge is 0.320 e. The number of ketones is 2. The van der Waals surface area contributed by atoms with Gasteiger partial charge in [-0.15, -0.1) is 11.8 Å². The number of likely N-dealkylation sites (N-methyl/N-ethyl adjacent to an activating group) is 1. The maximum Gasteiger partial charge on any atom is 0.320 e. The Labute approximate surface area is 407 Å². The number of hydrogen-bond donors (Lipinski definition) is 2. The number of rotatable bonds is 14. The summed E-state index contributed by atoms with van der Waals surface area (Å²) in [5.74, 6) is -5.40. The van der Waals surface area contributed by atoms with Gasteiger partial charge in [0, 0.05) is 56.4 Å². The van der Waals surface area contributed by atoms with Crippen LogP contribution < -0.4 is 9.47 Å². The number of ether oxygens (including phenoxy) is 10. The fraction of sp³-hybridized carbons (Fsp3) is 0.800. The zero-order valence-corrected chi connectivity index (χ0v) is 43.8. The minimum atomic E-state index is -1.48. The molecule has 0 saturated carbocycles. The van der Waals surface area contributed by atoms with Crippen LogP contribution in [0.25, 0.3) is 0 Å². The summed E-state index contributed by atoms with van der Waals surface area (Å²) in [6.45, 7) is 17.8. The van der Waals surface area contributed by atoms with Crippen molar-refractivity contribution in [3.05, 3.63) is 23.8 Å². The van der Waals surface area contributed by atoms with Gasteiger partial charge in [-0.1, -0.05) is 27.7 Å². The van der Waals surface area contributed by atoms with E-state index in [0.29, 0.717) is 23.5 Å². The number of carbonyl (C=O) groups excluding carboxylic acids is 4. The summed E-state index contributed by atoms with van der Waals surface area (Å²) in [5, 5.41) is 21.9. The molecule has 4 saturated heterocycles. The number of esters is 2. The molecule has 19 atom stereocenters. The second-order valence-electron chi connectivity index (χ2n) is 20.2. The molecule has 3 unspecified atom stereocenters. The van der Waals surface area contributed by atoms with Crippen molar-refractivity contribution >= 4 is 35.3 Å². The highest BCUT2D eigenvalue weighted by Crippen LogP contribution is 2.51. The zero-order valence-electron chi connectivity index (χ0n) is 43.0. The van der Waals surface area contributed by atoms with Crippen molar-refractivity contribution in [1.82, 2.24) is 4.90 Å². The molecule has 1 aromatic rings. The maximum absolute atomic E-state index is 15.1. The molecule has 0 aromatic heterocycles. The molecule has 4 fully saturated rings. The fourth-order valence-corrected chi connectivity index (χ4v) is 12.6. The average Bonchev–Trinajstić information content (AvgIpc) is 3.61. The summed E-state index contributed by atoms with van der Waals surface area (Å²) >= 11 is 1.08. The molecule has 0 spiro atoms. The summed E-state index contributed by atoms with van der Waals surface area (Å²) in [7, 11) is 9.75. The molecule has 18 heteroatoms. The Hall–Kier alpha value is -2.91. The standard InChI is InChI=1S/C50H79NO16S/c1-17-50-31(8)64-45(56)29(6)41(65-37-23-48(9,60-15)43(55)30(7)63-37)28(5)44(66-47-40(54)34(51(11)12)20-26(3)62-47)49(10,61-16)22-25(2)39(53)27(4)38(50)42(46(57)67-50)68-24-35(52)33-19-18-32(58-13)21-36(33)59-14/h18-19,21,25-31,34,37-38,40-44,47,54-55H,17,20,22-24H2,1-16H3/t25-,26-,27?,28+,29-,30-,31-,34+,37+,38?,40-,41+,42?,43+,44-,47+,48-,49-,50-/m1/s1. The topological polar surface area (TPSA) is 204 Å². The van der Waals surface area contributed by atoms with E-state index in [4.69, 9.17) is 47.4 Å². The lowest BCUT2D eigenvalue weighted by Crippen LogP contribution is -2.61. The van der Waals surface area contributed by atoms with Crippen LogP contribution in [0.1, 0.15) is 105 Å². The number of fused-ring (bicyclic) bond motifs is 1. The molecule has 0 aliphatic carbocycles. The fourth-order valence-electron chi connectivity index (χ4n) is 11.2. The Morgan fingerprint density at radius 2 is 1.53 bits per heavy atom. The highest BCUT2D eigenvalue weighted by molar-refractivity contribution is 8.01. The summed E-state index contributed by atoms with van der Waals surface area (Å²) in [5.41, 5.74) is -3.56. The van der Waals surface area contributed by atoms with Gasteiger partial charge in [0.2, 0.25) is 0 Å². The van der Waals surface area contributed by atoms with Crippen LogP contribution in [0, 0.1) is 29.6 Å². The van der Waals surface area contributed by atoms with Crippen LogP contribution in [0.5, 0.6) is 11.5 Å². The van der Waals surface area contributed by atoms with Gasteiger partial charge in [0.25, 0.3) is 0 Å². The molecule has 4 aliphatic heterocycles. The monoisotopic (exact) mass is 982 g/mol. The largest absolute Gasteiger partial charge is 0.497 e. The van der Waals surface area contributed by atoms with E-state index in [1.54, 1.807) is 59.7 Å². The van der Waals surface area contributed by atoms with Gasteiger partial charge in [-0.05, 0) is 87.0 Å². The summed E-state index contributed by atoms with van der Waals surface area (Å²) in [4.78, 5) is 60.1. The Bertz CT molecular complexity index is 1920. The number of carbonyl (C=O) groups is 4. The van der Waals surface area contributed by atoms with Crippen molar-refractivity contribution in [2.75, 3.05) is 48.3 Å². The van der Waals surface area contributed by atoms with Gasteiger partial charge in [-0.3, -0.25) is 19.2 Å². The third-order valence-electron chi connectivity index (χ3n) is 15.5. The summed E-state index contributed by atoms with van der Waals surface area (Å²) < 4.78 is 62.3. The second kappa shape index (κ2) is 22.7. The molecule has 4 aliphatic rings. The van der Waals surface area contributed by atoms with Crippen molar-refractivity contribution in [2.45, 2.75) is 178 Å². The Morgan fingerprint density at radius 3 is 2.12 bits per heavy atom. The van der Waals surface area contributed by atoms with E-state index in [1.807, 2.05) is 46.7 Å². The van der Waals surface area contributed by atoms with Crippen LogP contribution in [0.3, 0.4) is 0 Å². The quantitative estimate of drug-likeness (QED) is 0.180. The number of benzene rings is 1. The van der Waals surface area contributed by atoms with E-state index in [-0.39, 0.29) is 48.7 Å². The van der Waals surface area contributed by atoms with Crippen LogP contribution in [-0.4, -0.2) is 170 Å². The highest BCUT2D eigenvalue weighted by atomic mass is 32.2. The van der Waals surface area contributed by atoms with Gasteiger partial charge in [0.05, 0.1) is 67.1 Å². The van der Waals surface area contributed by atoms with Crippen LogP contribution in [0.15, 0.2) is 18.2 Å². The molecule has 0 radical (unpaired) electrons. The molecular formula is C50H79NO16S. The SMILES string of the molecule is CC[C@]12OC(=O)C(SCC(=O)c3ccc(OC)cc3OC)C1C(C)C(=O)[C@H](C)C[C@@](C)(OC)[C@H](O[C@@H]1O[C@H](C)C[C@H](N(C)C)[C@H]1O)[C@@H](C)[C@H](O[C@H]1C[C@@](C)(OC)[C@@H](O)[C@@H](C)O1)[C@@H](C)C(=O)O[C@@H]2C. The minimum Gasteiger partial charge on any atom is -0.497 e. The van der Waals surface area contributed by atoms with Gasteiger partial charge in [-0.25, -0.2) is 0 Å². The van der Waals surface area contributed by atoms with E-state index in [9.17, 15) is 24.6 Å². The predicted octanol–water partition coefficient (Wildman–Crippen LogP) is 5.26. The molecule has 0 bridgehead atoms. The van der Waals surface area contributed by atoms with E-state index < -0.39 is 113 Å². The van der Waals surface area contributed by atoms with Crippen LogP contribution >= 0.6 is 11.8 Å². The van der Waals surface area contributed by atoms with Crippen molar-refractivity contribution in [2.24, 2.45) is 29.6 Å². The van der Waals surface area contributed by atoms with Crippen LogP contribution in [0.4, 0.5) is 0 Å². The van der Waals surface area contributed by atoms with E-state index in [1.165, 1.54) is 28.4 Å². The first-order valence-electron chi connectivity index (χ1n) is 24.0. The van der Waals surface area contributed by atoms with Crippen molar-refractivity contribution in [1.29, 1.82) is 0 Å². The Balaban J connectivity index is 1.62. The zero-order chi connectivity index (χ0) is 50.8. The number of cyclic esters (lactones) is 1. The minimum absolute atomic E-state index is 0.0946. The number of Topliss-reactive ketones (excluding diaryl/α,β-unsaturated/α-hetero) is 2. The number of thioether (sulfide) groups is 1. The van der Waals surface area contributed by atoms with Gasteiger partial charge >= 0.3 is 11.9 Å². The Kier molecular flexibility index (Phi) is 18.7. The number of aliphatic hydroxyl groups is 2. The molecule has 4 heterocycles. The predicted molar refractivity (Wildman–Crippen MR) is 253 cm³/mol. The molecule has 386 valence electrons. The van der Waals surface area contributed by atoms with E-state index in [0.717, 1.165) is 11.8 Å². The van der Waals surface area contributed by atoms with Crippen molar-refractivity contribution in [3.63, 3.8) is 0 Å². The lowest BCUT2D eigenvalue weighted by Gasteiger charge is -2.50. The molecule has 0 amide bonds. The number of methoxy groups -OCH3 is 4. The molecule has 68 heavy (non-hydrogen) atoms. The molecule has 1 aromatic carbocycles. The van der Waals surface area contributed by atoms with Crippen LogP contribution in [-0.2, 0) is 52.3 Å². The molecule has 2 N–H and O–H groups in total. The molecule has 17 nitrogen and oxygen atoms in total. The lowest BCUT2D eigenvalue weighted by atomic mass is 9.69. The third kappa shape index (κ3) is 11.2. The molecular weight excluding hydrogens is 903 g/mol. The van der Waals surface area contributed by atoms with E-state index >= 15 is 4.79 Å². The lowest BCUT2D eigenvalue weighted by molar-refractivity contribution is -0.319. The second-order valence-corrected chi connectivity index (χ2v) is 21.3. The van der Waals surface area contributed by atoms with Gasteiger partial charge in [-0.2, -0.15) is 0 Å². The average molecular weight is 982 g/mol. The number of hydrogen-bond acceptors (Lipinski definition) is 18. The maximum atomic E-state index is 15.1. The van der Waals surface area contributed by atoms with E-state index in [2.05, 4.69) is 0 Å². The first-order chi connectivity index (χ1) is 31.9. The van der Waals surface area contributed by atoms with Gasteiger partial charge in [0.1, 0.15) is 40.8 Å². The van der Waals surface area contributed by atoms with Gasteiger partial charge in [0.15, 0.2) is 24.0 Å². The molecule has 5 rings (SSSR count). The number of aliphatic hydroxyl groups excluding tert-OH is 2.